The topological polar surface area (TPSA) is 115 Å². The summed E-state index contributed by atoms with van der Waals surface area (Å²) in [5.74, 6) is -1.43. The molecule has 0 atom stereocenters. The molecule has 0 aromatic heterocycles. The van der Waals surface area contributed by atoms with Crippen LogP contribution in [0.25, 0.3) is 0 Å². The number of amidine groups is 1. The summed E-state index contributed by atoms with van der Waals surface area (Å²) in [7, 11) is -3.78. The zero-order valence-corrected chi connectivity index (χ0v) is 31.9. The highest BCUT2D eigenvalue weighted by Gasteiger charge is 2.53. The van der Waals surface area contributed by atoms with Gasteiger partial charge in [-0.2, -0.15) is 18.2 Å². The molecule has 286 valence electrons. The molecule has 3 aromatic rings. The standard InChI is InChI=1S/C39H46F3N3O7S/c1-26-21-29(34(46)51-36(2,3)4)14-13-28(26)15-20-53(48,49)44-18-16-38(17-19-44)35(47)45(52-37(5,6)7)33(43-38)30-22-31(39(40,41)42)24-32(23-30)50-25-27-11-9-8-10-12-27/h8-14,21-24H,15-20,25H2,1-7H3. The second-order valence-electron chi connectivity index (χ2n) is 15.4. The average Bonchev–Trinajstić information content (AvgIpc) is 3.31. The van der Waals surface area contributed by atoms with Gasteiger partial charge in [0.2, 0.25) is 10.0 Å². The maximum Gasteiger partial charge on any atom is 0.416 e. The van der Waals surface area contributed by atoms with Crippen molar-refractivity contribution in [3.05, 3.63) is 100 Å². The number of benzene rings is 3. The maximum absolute atomic E-state index is 14.2. The van der Waals surface area contributed by atoms with Gasteiger partial charge in [-0.3, -0.25) is 9.63 Å². The first-order chi connectivity index (χ1) is 24.6. The third-order valence-electron chi connectivity index (χ3n) is 8.75. The van der Waals surface area contributed by atoms with Gasteiger partial charge in [-0.05, 0) is 115 Å². The Bertz CT molecular complexity index is 1980. The lowest BCUT2D eigenvalue weighted by Gasteiger charge is -2.36. The summed E-state index contributed by atoms with van der Waals surface area (Å²) < 4.78 is 82.1. The number of aryl methyl sites for hydroxylation is 2. The Labute approximate surface area is 308 Å². The van der Waals surface area contributed by atoms with Crippen molar-refractivity contribution in [2.75, 3.05) is 18.8 Å². The normalized spacial score (nSPS) is 16.9. The number of piperidine rings is 1. The highest BCUT2D eigenvalue weighted by molar-refractivity contribution is 7.89. The Morgan fingerprint density at radius 1 is 0.906 bits per heavy atom. The summed E-state index contributed by atoms with van der Waals surface area (Å²) in [6, 6.07) is 17.2. The fourth-order valence-corrected chi connectivity index (χ4v) is 7.58. The minimum absolute atomic E-state index is 0.00148. The van der Waals surface area contributed by atoms with Crippen LogP contribution in [0.2, 0.25) is 0 Å². The molecular formula is C39H46F3N3O7S. The Morgan fingerprint density at radius 2 is 1.57 bits per heavy atom. The summed E-state index contributed by atoms with van der Waals surface area (Å²) in [5, 5.41) is 0.949. The highest BCUT2D eigenvalue weighted by Crippen LogP contribution is 2.39. The maximum atomic E-state index is 14.2. The summed E-state index contributed by atoms with van der Waals surface area (Å²) in [4.78, 5) is 37.3. The first kappa shape index (κ1) is 39.9. The van der Waals surface area contributed by atoms with E-state index >= 15 is 0 Å². The van der Waals surface area contributed by atoms with Gasteiger partial charge in [0.1, 0.15) is 23.5 Å². The first-order valence-electron chi connectivity index (χ1n) is 17.4. The molecule has 1 fully saturated rings. The zero-order chi connectivity index (χ0) is 39.0. The van der Waals surface area contributed by atoms with Crippen LogP contribution in [0.5, 0.6) is 5.75 Å². The molecule has 10 nitrogen and oxygen atoms in total. The molecule has 0 radical (unpaired) electrons. The van der Waals surface area contributed by atoms with Gasteiger partial charge in [-0.15, -0.1) is 0 Å². The lowest BCUT2D eigenvalue weighted by atomic mass is 9.89. The van der Waals surface area contributed by atoms with Crippen molar-refractivity contribution >= 4 is 27.7 Å². The molecule has 2 aliphatic rings. The second-order valence-corrected chi connectivity index (χ2v) is 17.5. The minimum Gasteiger partial charge on any atom is -0.489 e. The van der Waals surface area contributed by atoms with Gasteiger partial charge in [-0.25, -0.2) is 22.5 Å². The van der Waals surface area contributed by atoms with Crippen molar-refractivity contribution in [2.24, 2.45) is 4.99 Å². The molecule has 53 heavy (non-hydrogen) atoms. The number of nitrogens with zero attached hydrogens (tertiary/aromatic N) is 3. The van der Waals surface area contributed by atoms with Crippen molar-refractivity contribution in [3.8, 4) is 5.75 Å². The van der Waals surface area contributed by atoms with Gasteiger partial charge in [0.05, 0.1) is 22.5 Å². The number of carbonyl (C=O) groups excluding carboxylic acids is 2. The largest absolute Gasteiger partial charge is 0.489 e. The number of carbonyl (C=O) groups is 2. The third kappa shape index (κ3) is 9.84. The molecule has 0 saturated carbocycles. The molecule has 0 N–H and O–H groups in total. The molecule has 0 unspecified atom stereocenters. The quantitative estimate of drug-likeness (QED) is 0.200. The van der Waals surface area contributed by atoms with Gasteiger partial charge in [0.15, 0.2) is 5.84 Å². The summed E-state index contributed by atoms with van der Waals surface area (Å²) >= 11 is 0. The number of esters is 1. The predicted molar refractivity (Wildman–Crippen MR) is 194 cm³/mol. The molecule has 0 aliphatic carbocycles. The number of rotatable bonds is 10. The minimum atomic E-state index is -4.73. The Balaban J connectivity index is 1.36. The van der Waals surface area contributed by atoms with Crippen LogP contribution in [0, 0.1) is 6.92 Å². The summed E-state index contributed by atoms with van der Waals surface area (Å²) in [6.45, 7) is 12.2. The van der Waals surface area contributed by atoms with E-state index in [1.165, 1.54) is 10.4 Å². The van der Waals surface area contributed by atoms with E-state index in [1.807, 2.05) is 6.07 Å². The van der Waals surface area contributed by atoms with Gasteiger partial charge < -0.3 is 9.47 Å². The highest BCUT2D eigenvalue weighted by atomic mass is 32.2. The van der Waals surface area contributed by atoms with E-state index in [0.29, 0.717) is 5.56 Å². The number of halogens is 3. The lowest BCUT2D eigenvalue weighted by molar-refractivity contribution is -0.197. The molecule has 2 heterocycles. The summed E-state index contributed by atoms with van der Waals surface area (Å²) in [5.41, 5.74) is -1.40. The van der Waals surface area contributed by atoms with Crippen LogP contribution in [0.15, 0.2) is 71.7 Å². The fourth-order valence-electron chi connectivity index (χ4n) is 6.11. The lowest BCUT2D eigenvalue weighted by Crippen LogP contribution is -2.52. The monoisotopic (exact) mass is 757 g/mol. The summed E-state index contributed by atoms with van der Waals surface area (Å²) in [6.07, 6.45) is -4.53. The predicted octanol–water partition coefficient (Wildman–Crippen LogP) is 7.27. The smallest absolute Gasteiger partial charge is 0.416 e. The average molecular weight is 758 g/mol. The van der Waals surface area contributed by atoms with Gasteiger partial charge in [0.25, 0.3) is 5.91 Å². The van der Waals surface area contributed by atoms with E-state index in [0.717, 1.165) is 33.9 Å². The van der Waals surface area contributed by atoms with Crippen LogP contribution in [0.4, 0.5) is 13.2 Å². The third-order valence-corrected chi connectivity index (χ3v) is 10.6. The molecule has 1 saturated heterocycles. The molecular weight excluding hydrogens is 712 g/mol. The van der Waals surface area contributed by atoms with E-state index in [2.05, 4.69) is 0 Å². The molecule has 5 rings (SSSR count). The van der Waals surface area contributed by atoms with E-state index < -0.39 is 50.4 Å². The van der Waals surface area contributed by atoms with Crippen molar-refractivity contribution in [1.82, 2.24) is 9.37 Å². The van der Waals surface area contributed by atoms with Crippen LogP contribution in [0.3, 0.4) is 0 Å². The first-order valence-corrected chi connectivity index (χ1v) is 19.0. The van der Waals surface area contributed by atoms with Crippen LogP contribution in [-0.2, 0) is 43.6 Å². The number of aliphatic imine (C=N–C) groups is 1. The van der Waals surface area contributed by atoms with Crippen molar-refractivity contribution in [2.45, 2.75) is 97.3 Å². The van der Waals surface area contributed by atoms with E-state index in [-0.39, 0.29) is 61.9 Å². The van der Waals surface area contributed by atoms with Gasteiger partial charge in [-0.1, -0.05) is 36.4 Å². The Morgan fingerprint density at radius 3 is 2.15 bits per heavy atom. The number of hydroxylamine groups is 2. The SMILES string of the molecule is Cc1cc(C(=O)OC(C)(C)C)ccc1CCS(=O)(=O)N1CCC2(CC1)N=C(c1cc(OCc3ccccc3)cc(C(F)(F)F)c1)N(OC(C)(C)C)C2=O. The van der Waals surface area contributed by atoms with Crippen molar-refractivity contribution in [1.29, 1.82) is 0 Å². The molecule has 14 heteroatoms. The fraction of sp³-hybridized carbons (Fsp3) is 0.462. The Hall–Kier alpha value is -4.27. The molecule has 3 aromatic carbocycles. The van der Waals surface area contributed by atoms with Crippen LogP contribution < -0.4 is 4.74 Å². The van der Waals surface area contributed by atoms with Crippen molar-refractivity contribution in [3.63, 3.8) is 0 Å². The number of alkyl halides is 3. The van der Waals surface area contributed by atoms with Gasteiger partial charge in [0, 0.05) is 18.7 Å². The number of sulfonamides is 1. The van der Waals surface area contributed by atoms with Crippen molar-refractivity contribution < 1.29 is 45.5 Å². The number of hydrogen-bond acceptors (Lipinski definition) is 8. The van der Waals surface area contributed by atoms with E-state index in [4.69, 9.17) is 19.3 Å². The Kier molecular flexibility index (Phi) is 11.2. The number of hydrogen-bond donors (Lipinski definition) is 0. The van der Waals surface area contributed by atoms with Crippen LogP contribution in [0.1, 0.15) is 92.6 Å². The number of amides is 1. The van der Waals surface area contributed by atoms with Crippen LogP contribution >= 0.6 is 0 Å². The molecule has 1 spiro atoms. The molecule has 1 amide bonds. The van der Waals surface area contributed by atoms with E-state index in [9.17, 15) is 31.2 Å². The molecule has 0 bridgehead atoms. The van der Waals surface area contributed by atoms with E-state index in [1.54, 1.807) is 90.9 Å². The second kappa shape index (κ2) is 14.9. The zero-order valence-electron chi connectivity index (χ0n) is 31.0. The van der Waals surface area contributed by atoms with Gasteiger partial charge >= 0.3 is 12.1 Å². The molecule has 2 aliphatic heterocycles. The number of ether oxygens (including phenoxy) is 2. The van der Waals surface area contributed by atoms with Crippen LogP contribution in [-0.4, -0.2) is 71.1 Å².